The number of carbonyl (C=O) groups is 1. The zero-order valence-corrected chi connectivity index (χ0v) is 8.69. The Bertz CT molecular complexity index is 707. The molecule has 0 fully saturated rings. The number of aryl methyl sites for hydroxylation is 1. The smallest absolute Gasteiger partial charge is 0.166 e. The summed E-state index contributed by atoms with van der Waals surface area (Å²) in [5.74, 6) is 0.231. The molecule has 3 aromatic rings. The molecule has 0 radical (unpaired) electrons. The van der Waals surface area contributed by atoms with E-state index in [-0.39, 0.29) is 5.75 Å². The van der Waals surface area contributed by atoms with Gasteiger partial charge in [0.25, 0.3) is 0 Å². The second-order valence-corrected chi connectivity index (χ2v) is 3.86. The van der Waals surface area contributed by atoms with Crippen molar-refractivity contribution >= 4 is 28.2 Å². The maximum atomic E-state index is 10.8. The van der Waals surface area contributed by atoms with E-state index in [1.165, 1.54) is 0 Å². The molecule has 0 aliphatic heterocycles. The first-order valence-corrected chi connectivity index (χ1v) is 4.96. The molecular weight excluding hydrogens is 204 g/mol. The molecule has 0 amide bonds. The number of aldehydes is 1. The van der Waals surface area contributed by atoms with Gasteiger partial charge >= 0.3 is 0 Å². The van der Waals surface area contributed by atoms with Crippen LogP contribution in [0.3, 0.4) is 0 Å². The topological polar surface area (TPSA) is 58.0 Å². The zero-order chi connectivity index (χ0) is 11.3. The lowest BCUT2D eigenvalue weighted by Crippen LogP contribution is -1.93. The van der Waals surface area contributed by atoms with E-state index in [1.807, 2.05) is 19.2 Å². The maximum absolute atomic E-state index is 10.8. The van der Waals surface area contributed by atoms with Crippen molar-refractivity contribution in [3.05, 3.63) is 30.0 Å². The summed E-state index contributed by atoms with van der Waals surface area (Å²) in [6.07, 6.45) is 0.833. The van der Waals surface area contributed by atoms with Gasteiger partial charge in [-0.15, -0.1) is 0 Å². The Morgan fingerprint density at radius 2 is 2.12 bits per heavy atom. The second-order valence-electron chi connectivity index (χ2n) is 3.86. The first-order valence-electron chi connectivity index (χ1n) is 4.96. The number of aromatic nitrogens is 2. The third kappa shape index (κ3) is 1.01. The van der Waals surface area contributed by atoms with Crippen molar-refractivity contribution in [2.75, 3.05) is 0 Å². The van der Waals surface area contributed by atoms with Gasteiger partial charge in [-0.25, -0.2) is 0 Å². The minimum absolute atomic E-state index is 0.231. The number of phenols is 1. The first kappa shape index (κ1) is 9.03. The molecule has 0 aliphatic carbocycles. The van der Waals surface area contributed by atoms with Crippen LogP contribution >= 0.6 is 0 Å². The molecule has 2 N–H and O–H groups in total. The van der Waals surface area contributed by atoms with Crippen LogP contribution in [0.1, 0.15) is 10.5 Å². The molecule has 4 heteroatoms. The molecule has 0 unspecified atom stereocenters. The Hall–Kier alpha value is -2.23. The highest BCUT2D eigenvalue weighted by molar-refractivity contribution is 6.08. The Morgan fingerprint density at radius 3 is 2.88 bits per heavy atom. The molecule has 0 saturated carbocycles. The van der Waals surface area contributed by atoms with Crippen LogP contribution in [0.25, 0.3) is 21.9 Å². The molecule has 2 aromatic heterocycles. The quantitative estimate of drug-likeness (QED) is 0.610. The SMILES string of the molecule is Cn1c(C=O)cc2c3ccc(O)cc3[nH]c21. The minimum atomic E-state index is 0.231. The fourth-order valence-corrected chi connectivity index (χ4v) is 2.09. The molecule has 0 bridgehead atoms. The predicted octanol–water partition coefficient (Wildman–Crippen LogP) is 2.18. The molecule has 0 saturated heterocycles. The van der Waals surface area contributed by atoms with Gasteiger partial charge in [0.05, 0.1) is 11.2 Å². The largest absolute Gasteiger partial charge is 0.508 e. The van der Waals surface area contributed by atoms with E-state index in [0.29, 0.717) is 5.69 Å². The van der Waals surface area contributed by atoms with Crippen LogP contribution in [0.2, 0.25) is 0 Å². The van der Waals surface area contributed by atoms with Crippen LogP contribution in [-0.4, -0.2) is 20.9 Å². The summed E-state index contributed by atoms with van der Waals surface area (Å²) in [5, 5.41) is 11.4. The predicted molar refractivity (Wildman–Crippen MR) is 61.8 cm³/mol. The number of hydrogen-bond acceptors (Lipinski definition) is 2. The number of aromatic amines is 1. The molecule has 1 aromatic carbocycles. The average molecular weight is 214 g/mol. The van der Waals surface area contributed by atoms with E-state index in [1.54, 1.807) is 16.7 Å². The van der Waals surface area contributed by atoms with Gasteiger partial charge in [0, 0.05) is 23.9 Å². The summed E-state index contributed by atoms with van der Waals surface area (Å²) in [6.45, 7) is 0. The summed E-state index contributed by atoms with van der Waals surface area (Å²) in [7, 11) is 1.83. The molecule has 0 aliphatic rings. The van der Waals surface area contributed by atoms with Crippen LogP contribution in [0.4, 0.5) is 0 Å². The third-order valence-corrected chi connectivity index (χ3v) is 2.94. The maximum Gasteiger partial charge on any atom is 0.166 e. The van der Waals surface area contributed by atoms with Crippen molar-refractivity contribution in [1.82, 2.24) is 9.55 Å². The number of phenolic OH excluding ortho intramolecular Hbond substituents is 1. The molecule has 0 atom stereocenters. The number of hydrogen-bond donors (Lipinski definition) is 2. The van der Waals surface area contributed by atoms with E-state index in [2.05, 4.69) is 4.98 Å². The molecule has 16 heavy (non-hydrogen) atoms. The van der Waals surface area contributed by atoms with Crippen molar-refractivity contribution < 1.29 is 9.90 Å². The second kappa shape index (κ2) is 2.88. The Labute approximate surface area is 91.1 Å². The van der Waals surface area contributed by atoms with Gasteiger partial charge < -0.3 is 14.7 Å². The van der Waals surface area contributed by atoms with Gasteiger partial charge in [-0.2, -0.15) is 0 Å². The van der Waals surface area contributed by atoms with E-state index in [4.69, 9.17) is 0 Å². The normalized spacial score (nSPS) is 11.3. The third-order valence-electron chi connectivity index (χ3n) is 2.94. The van der Waals surface area contributed by atoms with Gasteiger partial charge in [0.1, 0.15) is 11.4 Å². The highest BCUT2D eigenvalue weighted by atomic mass is 16.3. The number of nitrogens with zero attached hydrogens (tertiary/aromatic N) is 1. The monoisotopic (exact) mass is 214 g/mol. The van der Waals surface area contributed by atoms with Crippen LogP contribution in [0.15, 0.2) is 24.3 Å². The number of rotatable bonds is 1. The van der Waals surface area contributed by atoms with E-state index < -0.39 is 0 Å². The van der Waals surface area contributed by atoms with Gasteiger partial charge in [-0.05, 0) is 18.2 Å². The summed E-state index contributed by atoms with van der Waals surface area (Å²) >= 11 is 0. The molecule has 80 valence electrons. The fourth-order valence-electron chi connectivity index (χ4n) is 2.09. The van der Waals surface area contributed by atoms with Gasteiger partial charge in [0.15, 0.2) is 6.29 Å². The number of benzene rings is 1. The van der Waals surface area contributed by atoms with Crippen molar-refractivity contribution in [1.29, 1.82) is 0 Å². The van der Waals surface area contributed by atoms with Crippen LogP contribution in [0, 0.1) is 0 Å². The van der Waals surface area contributed by atoms with E-state index in [9.17, 15) is 9.90 Å². The summed E-state index contributed by atoms with van der Waals surface area (Å²) in [5.41, 5.74) is 2.40. The molecule has 0 spiro atoms. The van der Waals surface area contributed by atoms with Gasteiger partial charge in [0.2, 0.25) is 0 Å². The van der Waals surface area contributed by atoms with Crippen LogP contribution in [0.5, 0.6) is 5.75 Å². The van der Waals surface area contributed by atoms with Crippen LogP contribution in [-0.2, 0) is 7.05 Å². The summed E-state index contributed by atoms with van der Waals surface area (Å²) < 4.78 is 1.80. The highest BCUT2D eigenvalue weighted by Gasteiger charge is 2.11. The summed E-state index contributed by atoms with van der Waals surface area (Å²) in [6, 6.07) is 7.01. The Kier molecular flexibility index (Phi) is 1.63. The average Bonchev–Trinajstić information content (AvgIpc) is 2.75. The Balaban J connectivity index is 2.49. The van der Waals surface area contributed by atoms with Crippen molar-refractivity contribution in [3.8, 4) is 5.75 Å². The van der Waals surface area contributed by atoms with Crippen molar-refractivity contribution in [2.45, 2.75) is 0 Å². The number of carbonyl (C=O) groups excluding carboxylic acids is 1. The molecule has 4 nitrogen and oxygen atoms in total. The van der Waals surface area contributed by atoms with Gasteiger partial charge in [-0.3, -0.25) is 4.79 Å². The van der Waals surface area contributed by atoms with E-state index >= 15 is 0 Å². The van der Waals surface area contributed by atoms with Crippen LogP contribution < -0.4 is 0 Å². The standard InChI is InChI=1S/C12H10N2O2/c1-14-7(6-15)4-10-9-3-2-8(16)5-11(9)13-12(10)14/h2-6,13,16H,1H3. The lowest BCUT2D eigenvalue weighted by Gasteiger charge is -1.95. The van der Waals surface area contributed by atoms with Gasteiger partial charge in [-0.1, -0.05) is 0 Å². The molecular formula is C12H10N2O2. The minimum Gasteiger partial charge on any atom is -0.508 e. The first-order chi connectivity index (χ1) is 7.70. The molecule has 3 rings (SSSR count). The summed E-state index contributed by atoms with van der Waals surface area (Å²) in [4.78, 5) is 14.0. The fraction of sp³-hybridized carbons (Fsp3) is 0.0833. The lowest BCUT2D eigenvalue weighted by atomic mass is 10.2. The number of H-pyrrole nitrogens is 1. The lowest BCUT2D eigenvalue weighted by molar-refractivity contribution is 0.111. The zero-order valence-electron chi connectivity index (χ0n) is 8.69. The molecule has 2 heterocycles. The highest BCUT2D eigenvalue weighted by Crippen LogP contribution is 2.29. The number of aromatic hydroxyl groups is 1. The van der Waals surface area contributed by atoms with Crippen molar-refractivity contribution in [3.63, 3.8) is 0 Å². The number of nitrogens with one attached hydrogen (secondary N) is 1. The Morgan fingerprint density at radius 1 is 1.31 bits per heavy atom. The van der Waals surface area contributed by atoms with Crippen molar-refractivity contribution in [2.24, 2.45) is 7.05 Å². The van der Waals surface area contributed by atoms with E-state index in [0.717, 1.165) is 28.2 Å². The number of fused-ring (bicyclic) bond motifs is 3.